The number of likely N-dealkylation sites (tertiary alicyclic amines) is 1. The second kappa shape index (κ2) is 5.70. The Bertz CT molecular complexity index is 386. The molecule has 0 amide bonds. The number of hydrogen-bond acceptors (Lipinski definition) is 4. The Kier molecular flexibility index (Phi) is 4.58. The van der Waals surface area contributed by atoms with Gasteiger partial charge in [-0.25, -0.2) is 8.42 Å². The van der Waals surface area contributed by atoms with Gasteiger partial charge in [-0.2, -0.15) is 0 Å². The van der Waals surface area contributed by atoms with E-state index in [1.54, 1.807) is 0 Å². The fraction of sp³-hybridized carbons (Fsp3) is 1.00. The molecule has 112 valence electrons. The van der Waals surface area contributed by atoms with Crippen LogP contribution in [0.2, 0.25) is 0 Å². The molecule has 0 bridgehead atoms. The average Bonchev–Trinajstić information content (AvgIpc) is 2.74. The third-order valence-corrected chi connectivity index (χ3v) is 5.99. The van der Waals surface area contributed by atoms with Gasteiger partial charge in [-0.05, 0) is 59.0 Å². The minimum atomic E-state index is -2.73. The zero-order chi connectivity index (χ0) is 14.1. The van der Waals surface area contributed by atoms with Crippen molar-refractivity contribution in [2.45, 2.75) is 51.6 Å². The molecule has 2 aliphatic heterocycles. The lowest BCUT2D eigenvalue weighted by molar-refractivity contribution is 0.216. The van der Waals surface area contributed by atoms with Crippen molar-refractivity contribution in [3.63, 3.8) is 0 Å². The predicted molar refractivity (Wildman–Crippen MR) is 79.1 cm³/mol. The summed E-state index contributed by atoms with van der Waals surface area (Å²) in [6.45, 7) is 9.95. The summed E-state index contributed by atoms with van der Waals surface area (Å²) in [6.07, 6.45) is 2.91. The molecular weight excluding hydrogens is 260 g/mol. The van der Waals surface area contributed by atoms with Gasteiger partial charge >= 0.3 is 0 Å². The summed E-state index contributed by atoms with van der Waals surface area (Å²) in [6, 6.07) is 0.503. The van der Waals surface area contributed by atoms with E-state index in [4.69, 9.17) is 0 Å². The van der Waals surface area contributed by atoms with Crippen LogP contribution >= 0.6 is 0 Å². The van der Waals surface area contributed by atoms with E-state index in [1.807, 2.05) is 0 Å². The molecule has 0 aromatic rings. The molecule has 2 rings (SSSR count). The van der Waals surface area contributed by atoms with Gasteiger partial charge in [0.25, 0.3) is 0 Å². The first-order valence-corrected chi connectivity index (χ1v) is 9.27. The van der Waals surface area contributed by atoms with Gasteiger partial charge in [-0.15, -0.1) is 0 Å². The molecule has 1 atom stereocenters. The van der Waals surface area contributed by atoms with E-state index in [0.717, 1.165) is 38.4 Å². The van der Waals surface area contributed by atoms with E-state index >= 15 is 0 Å². The van der Waals surface area contributed by atoms with Crippen LogP contribution in [0.4, 0.5) is 0 Å². The predicted octanol–water partition coefficient (Wildman–Crippen LogP) is 1.27. The van der Waals surface area contributed by atoms with Gasteiger partial charge in [0.15, 0.2) is 0 Å². The topological polar surface area (TPSA) is 49.4 Å². The lowest BCUT2D eigenvalue weighted by Crippen LogP contribution is -2.42. The van der Waals surface area contributed by atoms with Crippen molar-refractivity contribution in [3.8, 4) is 0 Å². The molecule has 2 heterocycles. The molecule has 2 saturated heterocycles. The van der Waals surface area contributed by atoms with Gasteiger partial charge in [0.05, 0.1) is 11.5 Å². The van der Waals surface area contributed by atoms with Crippen LogP contribution in [0.5, 0.6) is 0 Å². The number of rotatable bonds is 3. The smallest absolute Gasteiger partial charge is 0.150 e. The van der Waals surface area contributed by atoms with Crippen molar-refractivity contribution in [1.29, 1.82) is 0 Å². The molecule has 0 radical (unpaired) electrons. The van der Waals surface area contributed by atoms with Crippen molar-refractivity contribution < 1.29 is 8.42 Å². The van der Waals surface area contributed by atoms with Crippen LogP contribution < -0.4 is 5.32 Å². The van der Waals surface area contributed by atoms with E-state index in [2.05, 4.69) is 31.0 Å². The van der Waals surface area contributed by atoms with Crippen LogP contribution in [0, 0.1) is 5.92 Å². The zero-order valence-electron chi connectivity index (χ0n) is 12.5. The minimum Gasteiger partial charge on any atom is -0.312 e. The maximum Gasteiger partial charge on any atom is 0.150 e. The molecular formula is C14H28N2O2S. The lowest BCUT2D eigenvalue weighted by Gasteiger charge is -2.31. The largest absolute Gasteiger partial charge is 0.312 e. The highest BCUT2D eigenvalue weighted by Gasteiger charge is 2.32. The summed E-state index contributed by atoms with van der Waals surface area (Å²) in [7, 11) is -2.73. The molecule has 0 aromatic heterocycles. The molecule has 1 N–H and O–H groups in total. The third kappa shape index (κ3) is 4.72. The van der Waals surface area contributed by atoms with Crippen molar-refractivity contribution >= 4 is 9.84 Å². The molecule has 0 aromatic carbocycles. The first kappa shape index (κ1) is 15.3. The standard InChI is InChI=1S/C14H28N2O2S/c1-14(2,3)15-10-12-4-7-16(11-12)13-5-8-19(17,18)9-6-13/h12-13,15H,4-11H2,1-3H3. The van der Waals surface area contributed by atoms with Gasteiger partial charge in [0, 0.05) is 18.1 Å². The zero-order valence-corrected chi connectivity index (χ0v) is 13.3. The van der Waals surface area contributed by atoms with E-state index < -0.39 is 9.84 Å². The Morgan fingerprint density at radius 3 is 2.37 bits per heavy atom. The number of hydrogen-bond donors (Lipinski definition) is 1. The highest BCUT2D eigenvalue weighted by atomic mass is 32.2. The Hall–Kier alpha value is -0.130. The van der Waals surface area contributed by atoms with Gasteiger partial charge in [-0.3, -0.25) is 4.90 Å². The Balaban J connectivity index is 1.76. The molecule has 4 nitrogen and oxygen atoms in total. The van der Waals surface area contributed by atoms with Crippen LogP contribution in [0.1, 0.15) is 40.0 Å². The minimum absolute atomic E-state index is 0.187. The van der Waals surface area contributed by atoms with Crippen molar-refractivity contribution in [1.82, 2.24) is 10.2 Å². The molecule has 5 heteroatoms. The molecule has 2 fully saturated rings. The van der Waals surface area contributed by atoms with Gasteiger partial charge < -0.3 is 5.32 Å². The summed E-state index contributed by atoms with van der Waals surface area (Å²) >= 11 is 0. The van der Waals surface area contributed by atoms with Gasteiger partial charge in [0.2, 0.25) is 0 Å². The fourth-order valence-corrected chi connectivity index (χ4v) is 4.52. The molecule has 19 heavy (non-hydrogen) atoms. The summed E-state index contributed by atoms with van der Waals surface area (Å²) in [5, 5.41) is 3.58. The molecule has 0 saturated carbocycles. The number of sulfone groups is 1. The summed E-state index contributed by atoms with van der Waals surface area (Å²) < 4.78 is 22.9. The first-order chi connectivity index (χ1) is 8.75. The van der Waals surface area contributed by atoms with E-state index in [0.29, 0.717) is 17.5 Å². The molecule has 2 aliphatic rings. The first-order valence-electron chi connectivity index (χ1n) is 7.45. The quantitative estimate of drug-likeness (QED) is 0.850. The Morgan fingerprint density at radius 1 is 1.16 bits per heavy atom. The van der Waals surface area contributed by atoms with E-state index in [1.165, 1.54) is 6.42 Å². The third-order valence-electron chi connectivity index (χ3n) is 4.28. The monoisotopic (exact) mass is 288 g/mol. The summed E-state index contributed by atoms with van der Waals surface area (Å²) in [5.41, 5.74) is 0.187. The van der Waals surface area contributed by atoms with E-state index in [-0.39, 0.29) is 5.54 Å². The second-order valence-corrected chi connectivity index (χ2v) is 9.47. The Morgan fingerprint density at radius 2 is 1.79 bits per heavy atom. The van der Waals surface area contributed by atoms with Crippen LogP contribution in [0.15, 0.2) is 0 Å². The summed E-state index contributed by atoms with van der Waals surface area (Å²) in [5.74, 6) is 1.50. The van der Waals surface area contributed by atoms with Crippen LogP contribution in [0.3, 0.4) is 0 Å². The van der Waals surface area contributed by atoms with Gasteiger partial charge in [-0.1, -0.05) is 0 Å². The lowest BCUT2D eigenvalue weighted by atomic mass is 10.1. The highest BCUT2D eigenvalue weighted by molar-refractivity contribution is 7.91. The van der Waals surface area contributed by atoms with Crippen molar-refractivity contribution in [2.24, 2.45) is 5.92 Å². The molecule has 0 aliphatic carbocycles. The van der Waals surface area contributed by atoms with Gasteiger partial charge in [0.1, 0.15) is 9.84 Å². The average molecular weight is 288 g/mol. The van der Waals surface area contributed by atoms with Crippen LogP contribution in [-0.2, 0) is 9.84 Å². The number of nitrogens with one attached hydrogen (secondary N) is 1. The second-order valence-electron chi connectivity index (χ2n) is 7.16. The molecule has 1 unspecified atom stereocenters. The summed E-state index contributed by atoms with van der Waals surface area (Å²) in [4.78, 5) is 2.52. The van der Waals surface area contributed by atoms with E-state index in [9.17, 15) is 8.42 Å². The van der Waals surface area contributed by atoms with Crippen molar-refractivity contribution in [2.75, 3.05) is 31.1 Å². The maximum atomic E-state index is 11.5. The molecule has 0 spiro atoms. The van der Waals surface area contributed by atoms with Crippen LogP contribution in [0.25, 0.3) is 0 Å². The fourth-order valence-electron chi connectivity index (χ4n) is 3.05. The van der Waals surface area contributed by atoms with Crippen LogP contribution in [-0.4, -0.2) is 56.0 Å². The Labute approximate surface area is 117 Å². The van der Waals surface area contributed by atoms with Crippen molar-refractivity contribution in [3.05, 3.63) is 0 Å². The maximum absolute atomic E-state index is 11.5. The number of nitrogens with zero attached hydrogens (tertiary/aromatic N) is 1. The normalized spacial score (nSPS) is 29.7. The highest BCUT2D eigenvalue weighted by Crippen LogP contribution is 2.25. The SMILES string of the molecule is CC(C)(C)NCC1CCN(C2CCS(=O)(=O)CC2)C1.